The fourth-order valence-corrected chi connectivity index (χ4v) is 5.25. The summed E-state index contributed by atoms with van der Waals surface area (Å²) in [6.45, 7) is 12.3. The second kappa shape index (κ2) is 22.1. The summed E-state index contributed by atoms with van der Waals surface area (Å²) in [6.07, 6.45) is 26.4. The van der Waals surface area contributed by atoms with Crippen LogP contribution in [0.5, 0.6) is 0 Å². The molecule has 0 aliphatic carbocycles. The third kappa shape index (κ3) is 17.3. The van der Waals surface area contributed by atoms with Crippen molar-refractivity contribution in [1.29, 1.82) is 0 Å². The van der Waals surface area contributed by atoms with Crippen molar-refractivity contribution in [2.75, 3.05) is 31.5 Å². The maximum Gasteiger partial charge on any atom is 0.0884 e. The largest absolute Gasteiger partial charge is 0.323 e. The van der Waals surface area contributed by atoms with E-state index in [0.717, 1.165) is 5.33 Å². The predicted octanol–water partition coefficient (Wildman–Crippen LogP) is 9.28. The molecule has 0 atom stereocenters. The quantitative estimate of drug-likeness (QED) is 0.0808. The molecular formula is C26H55BrN+. The molecule has 0 unspecified atom stereocenters. The van der Waals surface area contributed by atoms with Gasteiger partial charge in [0.25, 0.3) is 0 Å². The molecule has 28 heavy (non-hydrogen) atoms. The molecule has 0 fully saturated rings. The van der Waals surface area contributed by atoms with Crippen molar-refractivity contribution < 1.29 is 4.48 Å². The highest BCUT2D eigenvalue weighted by Gasteiger charge is 2.21. The van der Waals surface area contributed by atoms with Crippen LogP contribution in [0.25, 0.3) is 0 Å². The van der Waals surface area contributed by atoms with E-state index in [9.17, 15) is 0 Å². The van der Waals surface area contributed by atoms with Gasteiger partial charge < -0.3 is 4.48 Å². The number of hydrogen-bond donors (Lipinski definition) is 0. The van der Waals surface area contributed by atoms with Crippen molar-refractivity contribution in [1.82, 2.24) is 0 Å². The minimum atomic E-state index is 1.15. The van der Waals surface area contributed by atoms with Gasteiger partial charge in [0.2, 0.25) is 0 Å². The van der Waals surface area contributed by atoms with E-state index in [1.807, 2.05) is 0 Å². The van der Waals surface area contributed by atoms with Gasteiger partial charge in [-0.1, -0.05) is 126 Å². The second-order valence-corrected chi connectivity index (χ2v) is 9.91. The summed E-state index contributed by atoms with van der Waals surface area (Å²) in [6, 6.07) is 0. The average molecular weight is 462 g/mol. The van der Waals surface area contributed by atoms with Crippen molar-refractivity contribution in [2.24, 2.45) is 0 Å². The number of rotatable bonds is 23. The number of halogens is 1. The third-order valence-corrected chi connectivity index (χ3v) is 7.24. The Kier molecular flexibility index (Phi) is 22.5. The molecule has 0 radical (unpaired) electrons. The number of quaternary nitrogens is 1. The van der Waals surface area contributed by atoms with Crippen LogP contribution in [0.3, 0.4) is 0 Å². The molecule has 0 aromatic heterocycles. The van der Waals surface area contributed by atoms with E-state index in [2.05, 4.69) is 36.7 Å². The van der Waals surface area contributed by atoms with E-state index >= 15 is 0 Å². The molecule has 0 aromatic carbocycles. The highest BCUT2D eigenvalue weighted by Crippen LogP contribution is 2.15. The lowest BCUT2D eigenvalue weighted by Crippen LogP contribution is -2.49. The van der Waals surface area contributed by atoms with Crippen LogP contribution in [-0.4, -0.2) is 36.0 Å². The SMILES string of the molecule is CCCCCCCCCCCCCCCCCCCC[N+](CC)(CC)CCBr. The molecule has 0 aromatic rings. The van der Waals surface area contributed by atoms with Gasteiger partial charge in [-0.05, 0) is 26.7 Å². The third-order valence-electron chi connectivity index (χ3n) is 6.89. The lowest BCUT2D eigenvalue weighted by Gasteiger charge is -2.36. The van der Waals surface area contributed by atoms with E-state index < -0.39 is 0 Å². The van der Waals surface area contributed by atoms with E-state index in [0.29, 0.717) is 0 Å². The Balaban J connectivity index is 3.25. The monoisotopic (exact) mass is 460 g/mol. The highest BCUT2D eigenvalue weighted by atomic mass is 79.9. The first-order valence-corrected chi connectivity index (χ1v) is 14.3. The molecule has 0 saturated heterocycles. The van der Waals surface area contributed by atoms with Crippen LogP contribution in [-0.2, 0) is 0 Å². The zero-order valence-electron chi connectivity index (χ0n) is 20.1. The number of unbranched alkanes of at least 4 members (excludes halogenated alkanes) is 17. The van der Waals surface area contributed by atoms with Crippen LogP contribution in [0, 0.1) is 0 Å². The van der Waals surface area contributed by atoms with E-state index in [4.69, 9.17) is 0 Å². The summed E-state index contributed by atoms with van der Waals surface area (Å²) >= 11 is 3.65. The van der Waals surface area contributed by atoms with E-state index in [-0.39, 0.29) is 0 Å². The molecule has 0 bridgehead atoms. The van der Waals surface area contributed by atoms with E-state index in [1.54, 1.807) is 0 Å². The summed E-state index contributed by atoms with van der Waals surface area (Å²) in [7, 11) is 0. The minimum absolute atomic E-state index is 1.15. The predicted molar refractivity (Wildman–Crippen MR) is 134 cm³/mol. The Hall–Kier alpha value is 0.440. The molecule has 1 nitrogen and oxygen atoms in total. The Morgan fingerprint density at radius 3 is 1.04 bits per heavy atom. The van der Waals surface area contributed by atoms with Crippen molar-refractivity contribution in [3.05, 3.63) is 0 Å². The van der Waals surface area contributed by atoms with E-state index in [1.165, 1.54) is 146 Å². The van der Waals surface area contributed by atoms with Gasteiger partial charge in [-0.3, -0.25) is 0 Å². The smallest absolute Gasteiger partial charge is 0.0884 e. The fraction of sp³-hybridized carbons (Fsp3) is 1.00. The molecule has 0 N–H and O–H groups in total. The number of alkyl halides is 1. The topological polar surface area (TPSA) is 0 Å². The molecule has 0 aliphatic rings. The number of nitrogens with zero attached hydrogens (tertiary/aromatic N) is 1. The fourth-order valence-electron chi connectivity index (χ4n) is 4.50. The van der Waals surface area contributed by atoms with Gasteiger partial charge in [-0.15, -0.1) is 0 Å². The van der Waals surface area contributed by atoms with Gasteiger partial charge >= 0.3 is 0 Å². The molecular weight excluding hydrogens is 406 g/mol. The molecule has 0 spiro atoms. The first-order chi connectivity index (χ1) is 13.7. The molecule has 0 saturated carbocycles. The average Bonchev–Trinajstić information content (AvgIpc) is 2.72. The van der Waals surface area contributed by atoms with Crippen molar-refractivity contribution >= 4 is 15.9 Å². The van der Waals surface area contributed by atoms with Gasteiger partial charge in [-0.2, -0.15) is 0 Å². The maximum absolute atomic E-state index is 3.65. The lowest BCUT2D eigenvalue weighted by molar-refractivity contribution is -0.922. The van der Waals surface area contributed by atoms with Crippen molar-refractivity contribution in [3.8, 4) is 0 Å². The second-order valence-electron chi connectivity index (χ2n) is 9.12. The van der Waals surface area contributed by atoms with Gasteiger partial charge in [0.1, 0.15) is 0 Å². The Morgan fingerprint density at radius 2 is 0.750 bits per heavy atom. The summed E-state index contributed by atoms with van der Waals surface area (Å²) in [4.78, 5) is 0. The zero-order valence-corrected chi connectivity index (χ0v) is 21.7. The first kappa shape index (κ1) is 28.4. The van der Waals surface area contributed by atoms with Crippen LogP contribution in [0.2, 0.25) is 0 Å². The lowest BCUT2D eigenvalue weighted by atomic mass is 10.0. The molecule has 0 aliphatic heterocycles. The molecule has 2 heteroatoms. The summed E-state index contributed by atoms with van der Waals surface area (Å²) in [5.74, 6) is 0. The van der Waals surface area contributed by atoms with Crippen LogP contribution in [0.4, 0.5) is 0 Å². The first-order valence-electron chi connectivity index (χ1n) is 13.2. The van der Waals surface area contributed by atoms with Crippen LogP contribution >= 0.6 is 15.9 Å². The highest BCUT2D eigenvalue weighted by molar-refractivity contribution is 9.09. The maximum atomic E-state index is 3.65. The molecule has 0 rings (SSSR count). The van der Waals surface area contributed by atoms with Gasteiger partial charge in [0.05, 0.1) is 31.5 Å². The zero-order chi connectivity index (χ0) is 20.8. The summed E-state index contributed by atoms with van der Waals surface area (Å²) in [5, 5.41) is 1.15. The van der Waals surface area contributed by atoms with Crippen LogP contribution in [0.1, 0.15) is 136 Å². The molecule has 0 heterocycles. The normalized spacial score (nSPS) is 12.0. The van der Waals surface area contributed by atoms with Gasteiger partial charge in [0.15, 0.2) is 0 Å². The molecule has 170 valence electrons. The Bertz CT molecular complexity index is 288. The number of hydrogen-bond acceptors (Lipinski definition) is 0. The van der Waals surface area contributed by atoms with Gasteiger partial charge in [0, 0.05) is 0 Å². The van der Waals surface area contributed by atoms with Crippen molar-refractivity contribution in [2.45, 2.75) is 136 Å². The summed E-state index contributed by atoms with van der Waals surface area (Å²) < 4.78 is 1.31. The van der Waals surface area contributed by atoms with Crippen molar-refractivity contribution in [3.63, 3.8) is 0 Å². The Morgan fingerprint density at radius 1 is 0.429 bits per heavy atom. The minimum Gasteiger partial charge on any atom is -0.323 e. The summed E-state index contributed by atoms with van der Waals surface area (Å²) in [5.41, 5.74) is 0. The molecule has 0 amide bonds. The standard InChI is InChI=1S/C26H55BrN/c1-4-7-8-9-10-11-12-13-14-15-16-17-18-19-20-21-22-23-25-28(5-2,6-3)26-24-27/h4-26H2,1-3H3/q+1. The van der Waals surface area contributed by atoms with Crippen LogP contribution in [0.15, 0.2) is 0 Å². The Labute approximate surface area is 188 Å². The van der Waals surface area contributed by atoms with Gasteiger partial charge in [-0.25, -0.2) is 0 Å². The van der Waals surface area contributed by atoms with Crippen LogP contribution < -0.4 is 0 Å².